The van der Waals surface area contributed by atoms with Crippen LogP contribution in [0, 0.1) is 0 Å². The first-order valence-electron chi connectivity index (χ1n) is 8.54. The van der Waals surface area contributed by atoms with Gasteiger partial charge in [-0.1, -0.05) is 48.5 Å². The summed E-state index contributed by atoms with van der Waals surface area (Å²) in [5.41, 5.74) is 5.14. The molecule has 0 aliphatic rings. The van der Waals surface area contributed by atoms with Gasteiger partial charge in [0.1, 0.15) is 17.1 Å². The van der Waals surface area contributed by atoms with E-state index in [1.54, 1.807) is 7.11 Å². The fourth-order valence-electron chi connectivity index (χ4n) is 3.44. The Bertz CT molecular complexity index is 1200. The van der Waals surface area contributed by atoms with Gasteiger partial charge in [-0.05, 0) is 30.3 Å². The number of hydrogen-bond acceptors (Lipinski definition) is 2. The topological polar surface area (TPSA) is 42.8 Å². The minimum atomic E-state index is 0.838. The summed E-state index contributed by atoms with van der Waals surface area (Å²) in [6.07, 6.45) is 0. The second-order valence-electron chi connectivity index (χ2n) is 6.22. The van der Waals surface area contributed by atoms with E-state index in [2.05, 4.69) is 41.4 Å². The van der Waals surface area contributed by atoms with Crippen LogP contribution in [0.1, 0.15) is 0 Å². The molecule has 0 bridgehead atoms. The average molecular weight is 339 g/mol. The minimum Gasteiger partial charge on any atom is -0.497 e. The van der Waals surface area contributed by atoms with Crippen molar-refractivity contribution in [2.75, 3.05) is 7.11 Å². The number of fused-ring (bicyclic) bond motifs is 3. The molecule has 0 saturated carbocycles. The molecular formula is C22H17N3O. The van der Waals surface area contributed by atoms with Crippen LogP contribution in [-0.4, -0.2) is 21.9 Å². The highest BCUT2D eigenvalue weighted by Crippen LogP contribution is 2.36. The van der Waals surface area contributed by atoms with Gasteiger partial charge in [0.25, 0.3) is 0 Å². The number of aromatic nitrogens is 3. The zero-order valence-electron chi connectivity index (χ0n) is 14.3. The van der Waals surface area contributed by atoms with Gasteiger partial charge in [0.2, 0.25) is 0 Å². The third kappa shape index (κ3) is 2.19. The maximum absolute atomic E-state index is 5.44. The monoisotopic (exact) mass is 339 g/mol. The van der Waals surface area contributed by atoms with Crippen LogP contribution in [0.4, 0.5) is 0 Å². The normalized spacial score (nSPS) is 11.3. The lowest BCUT2D eigenvalue weighted by Gasteiger charge is -2.02. The molecule has 0 aliphatic heterocycles. The number of para-hydroxylation sites is 1. The number of nitrogens with zero attached hydrogens (tertiary/aromatic N) is 2. The molecule has 2 heterocycles. The molecule has 0 amide bonds. The number of H-pyrrole nitrogens is 1. The molecule has 26 heavy (non-hydrogen) atoms. The number of ether oxygens (including phenoxy) is 1. The molecule has 2 aromatic heterocycles. The van der Waals surface area contributed by atoms with Crippen LogP contribution in [0.15, 0.2) is 78.9 Å². The van der Waals surface area contributed by atoms with Crippen LogP contribution in [0.3, 0.4) is 0 Å². The van der Waals surface area contributed by atoms with E-state index in [1.165, 1.54) is 0 Å². The van der Waals surface area contributed by atoms with Gasteiger partial charge < -0.3 is 9.72 Å². The predicted molar refractivity (Wildman–Crippen MR) is 105 cm³/mol. The smallest absolute Gasteiger partial charge is 0.142 e. The van der Waals surface area contributed by atoms with Crippen molar-refractivity contribution in [1.82, 2.24) is 14.8 Å². The number of benzene rings is 3. The van der Waals surface area contributed by atoms with Crippen LogP contribution in [-0.2, 0) is 0 Å². The molecule has 0 aliphatic carbocycles. The standard InChI is InChI=1S/C22H17N3O/c1-26-17-12-13-19-18(14-17)20-21(15-8-4-2-5-9-15)24-25(22(20)23-19)16-10-6-3-7-11-16/h2-14,23H,1H3. The van der Waals surface area contributed by atoms with Crippen molar-refractivity contribution in [3.8, 4) is 22.7 Å². The van der Waals surface area contributed by atoms with Gasteiger partial charge in [-0.25, -0.2) is 4.68 Å². The van der Waals surface area contributed by atoms with Crippen molar-refractivity contribution >= 4 is 21.9 Å². The summed E-state index contributed by atoms with van der Waals surface area (Å²) in [6.45, 7) is 0. The summed E-state index contributed by atoms with van der Waals surface area (Å²) in [7, 11) is 1.69. The highest BCUT2D eigenvalue weighted by atomic mass is 16.5. The SMILES string of the molecule is COc1ccc2[nH]c3c(c(-c4ccccc4)nn3-c3ccccc3)c2c1. The number of methoxy groups -OCH3 is 1. The van der Waals surface area contributed by atoms with E-state index in [0.29, 0.717) is 0 Å². The van der Waals surface area contributed by atoms with Crippen LogP contribution >= 0.6 is 0 Å². The predicted octanol–water partition coefficient (Wildman–Crippen LogP) is 5.18. The van der Waals surface area contributed by atoms with Crippen molar-refractivity contribution < 1.29 is 4.74 Å². The summed E-state index contributed by atoms with van der Waals surface area (Å²) in [5, 5.41) is 7.16. The van der Waals surface area contributed by atoms with Crippen LogP contribution < -0.4 is 4.74 Å². The number of rotatable bonds is 3. The third-order valence-corrected chi connectivity index (χ3v) is 4.68. The Labute approximate surface area is 150 Å². The molecule has 4 heteroatoms. The summed E-state index contributed by atoms with van der Waals surface area (Å²) in [6, 6.07) is 26.6. The summed E-state index contributed by atoms with van der Waals surface area (Å²) >= 11 is 0. The number of aromatic amines is 1. The largest absolute Gasteiger partial charge is 0.497 e. The maximum Gasteiger partial charge on any atom is 0.142 e. The van der Waals surface area contributed by atoms with Crippen LogP contribution in [0.25, 0.3) is 38.9 Å². The van der Waals surface area contributed by atoms with Gasteiger partial charge in [0, 0.05) is 16.5 Å². The van der Waals surface area contributed by atoms with E-state index >= 15 is 0 Å². The van der Waals surface area contributed by atoms with Crippen molar-refractivity contribution in [3.63, 3.8) is 0 Å². The van der Waals surface area contributed by atoms with E-state index in [0.717, 1.165) is 44.6 Å². The first-order valence-corrected chi connectivity index (χ1v) is 8.54. The second-order valence-corrected chi connectivity index (χ2v) is 6.22. The Balaban J connectivity index is 1.90. The Morgan fingerprint density at radius 2 is 1.62 bits per heavy atom. The van der Waals surface area contributed by atoms with Crippen molar-refractivity contribution in [1.29, 1.82) is 0 Å². The van der Waals surface area contributed by atoms with E-state index in [9.17, 15) is 0 Å². The lowest BCUT2D eigenvalue weighted by atomic mass is 10.1. The highest BCUT2D eigenvalue weighted by Gasteiger charge is 2.19. The molecule has 1 N–H and O–H groups in total. The third-order valence-electron chi connectivity index (χ3n) is 4.68. The van der Waals surface area contributed by atoms with E-state index in [4.69, 9.17) is 9.84 Å². The summed E-state index contributed by atoms with van der Waals surface area (Å²) < 4.78 is 7.41. The zero-order valence-corrected chi connectivity index (χ0v) is 14.3. The van der Waals surface area contributed by atoms with Gasteiger partial charge in [-0.2, -0.15) is 5.10 Å². The van der Waals surface area contributed by atoms with Crippen molar-refractivity contribution in [2.24, 2.45) is 0 Å². The van der Waals surface area contributed by atoms with Crippen molar-refractivity contribution in [3.05, 3.63) is 78.9 Å². The molecule has 3 aromatic carbocycles. The number of nitrogens with one attached hydrogen (secondary N) is 1. The fourth-order valence-corrected chi connectivity index (χ4v) is 3.44. The molecule has 0 saturated heterocycles. The lowest BCUT2D eigenvalue weighted by Crippen LogP contribution is -1.96. The summed E-state index contributed by atoms with van der Waals surface area (Å²) in [5.74, 6) is 0.838. The molecule has 0 fully saturated rings. The average Bonchev–Trinajstić information content (AvgIpc) is 3.26. The lowest BCUT2D eigenvalue weighted by molar-refractivity contribution is 0.415. The zero-order chi connectivity index (χ0) is 17.5. The first kappa shape index (κ1) is 14.8. The Morgan fingerprint density at radius 1 is 0.885 bits per heavy atom. The quantitative estimate of drug-likeness (QED) is 0.492. The Kier molecular flexibility index (Phi) is 3.28. The van der Waals surface area contributed by atoms with E-state index in [-0.39, 0.29) is 0 Å². The molecule has 4 nitrogen and oxygen atoms in total. The highest BCUT2D eigenvalue weighted by molar-refractivity contribution is 6.13. The van der Waals surface area contributed by atoms with Crippen LogP contribution in [0.5, 0.6) is 5.75 Å². The van der Waals surface area contributed by atoms with Gasteiger partial charge in [-0.15, -0.1) is 0 Å². The molecular weight excluding hydrogens is 322 g/mol. The van der Waals surface area contributed by atoms with Gasteiger partial charge in [0.15, 0.2) is 0 Å². The van der Waals surface area contributed by atoms with Gasteiger partial charge in [-0.3, -0.25) is 0 Å². The molecule has 0 unspecified atom stereocenters. The first-order chi connectivity index (χ1) is 12.8. The van der Waals surface area contributed by atoms with E-state index < -0.39 is 0 Å². The molecule has 5 rings (SSSR count). The van der Waals surface area contributed by atoms with Crippen molar-refractivity contribution in [2.45, 2.75) is 0 Å². The molecule has 0 atom stereocenters. The molecule has 0 radical (unpaired) electrons. The second kappa shape index (κ2) is 5.77. The number of hydrogen-bond donors (Lipinski definition) is 1. The van der Waals surface area contributed by atoms with Crippen LogP contribution in [0.2, 0.25) is 0 Å². The minimum absolute atomic E-state index is 0.838. The molecule has 0 spiro atoms. The Morgan fingerprint density at radius 3 is 2.35 bits per heavy atom. The fraction of sp³-hybridized carbons (Fsp3) is 0.0455. The molecule has 5 aromatic rings. The molecule has 126 valence electrons. The maximum atomic E-state index is 5.44. The van der Waals surface area contributed by atoms with Gasteiger partial charge in [0.05, 0.1) is 18.2 Å². The van der Waals surface area contributed by atoms with E-state index in [1.807, 2.05) is 47.1 Å². The van der Waals surface area contributed by atoms with Gasteiger partial charge >= 0.3 is 0 Å². The summed E-state index contributed by atoms with van der Waals surface area (Å²) in [4.78, 5) is 3.53. The Hall–Kier alpha value is -3.53.